The molecule has 1 aromatic rings. The Morgan fingerprint density at radius 1 is 1.19 bits per heavy atom. The minimum atomic E-state index is -1.00. The molecule has 2 fully saturated rings. The third-order valence-corrected chi connectivity index (χ3v) is 7.13. The van der Waals surface area contributed by atoms with Gasteiger partial charge in [-0.05, 0) is 30.7 Å². The molecule has 2 aliphatic heterocycles. The first-order valence-electron chi connectivity index (χ1n) is 11.5. The molecule has 176 valence electrons. The molecule has 2 saturated heterocycles. The van der Waals surface area contributed by atoms with Crippen LogP contribution < -0.4 is 0 Å². The number of fused-ring (bicyclic) bond motifs is 2. The Morgan fingerprint density at radius 3 is 2.53 bits per heavy atom. The van der Waals surface area contributed by atoms with Crippen LogP contribution in [0.15, 0.2) is 30.3 Å². The highest BCUT2D eigenvalue weighted by Gasteiger charge is 2.66. The van der Waals surface area contributed by atoms with Crippen molar-refractivity contribution in [1.82, 2.24) is 4.90 Å². The number of ether oxygens (including phenoxy) is 3. The van der Waals surface area contributed by atoms with Crippen molar-refractivity contribution in [1.29, 1.82) is 0 Å². The lowest BCUT2D eigenvalue weighted by molar-refractivity contribution is -0.164. The second-order valence-corrected chi connectivity index (χ2v) is 9.02. The highest BCUT2D eigenvalue weighted by Crippen LogP contribution is 2.53. The van der Waals surface area contributed by atoms with Gasteiger partial charge in [0.15, 0.2) is 5.78 Å². The molecule has 2 aliphatic rings. The van der Waals surface area contributed by atoms with Crippen LogP contribution in [0.3, 0.4) is 0 Å². The van der Waals surface area contributed by atoms with Gasteiger partial charge in [0, 0.05) is 12.0 Å². The molecule has 2 heterocycles. The van der Waals surface area contributed by atoms with E-state index in [9.17, 15) is 14.4 Å². The van der Waals surface area contributed by atoms with Gasteiger partial charge in [0.2, 0.25) is 0 Å². The largest absolute Gasteiger partial charge is 0.468 e. The van der Waals surface area contributed by atoms with E-state index in [1.807, 2.05) is 37.3 Å². The lowest BCUT2D eigenvalue weighted by Gasteiger charge is -2.50. The molecule has 0 N–H and O–H groups in total. The molecule has 2 bridgehead atoms. The fourth-order valence-corrected chi connectivity index (χ4v) is 5.69. The quantitative estimate of drug-likeness (QED) is 0.422. The van der Waals surface area contributed by atoms with E-state index in [-0.39, 0.29) is 17.7 Å². The first kappa shape index (κ1) is 24.2. The molecule has 32 heavy (non-hydrogen) atoms. The zero-order chi connectivity index (χ0) is 23.3. The fourth-order valence-electron chi connectivity index (χ4n) is 5.69. The summed E-state index contributed by atoms with van der Waals surface area (Å²) in [5.41, 5.74) is 0.178. The van der Waals surface area contributed by atoms with Crippen molar-refractivity contribution in [3.63, 3.8) is 0 Å². The van der Waals surface area contributed by atoms with Crippen molar-refractivity contribution in [2.45, 2.75) is 64.1 Å². The molecular formula is C25H35NO6. The van der Waals surface area contributed by atoms with E-state index >= 15 is 0 Å². The summed E-state index contributed by atoms with van der Waals surface area (Å²) in [5.74, 6) is -2.38. The Kier molecular flexibility index (Phi) is 7.93. The molecule has 3 rings (SSSR count). The second kappa shape index (κ2) is 10.5. The molecule has 0 radical (unpaired) electrons. The van der Waals surface area contributed by atoms with E-state index in [0.717, 1.165) is 18.4 Å². The van der Waals surface area contributed by atoms with Gasteiger partial charge in [0.05, 0.1) is 33.0 Å². The Hall–Kier alpha value is -2.41. The average Bonchev–Trinajstić information content (AvgIpc) is 3.11. The Bertz CT molecular complexity index is 812. The Balaban J connectivity index is 1.88. The van der Waals surface area contributed by atoms with Crippen molar-refractivity contribution in [2.75, 3.05) is 20.8 Å². The minimum Gasteiger partial charge on any atom is -0.468 e. The number of esters is 1. The van der Waals surface area contributed by atoms with Crippen LogP contribution >= 0.6 is 0 Å². The molecule has 0 aliphatic carbocycles. The third kappa shape index (κ3) is 4.40. The number of carbonyl (C=O) groups excluding carboxylic acids is 3. The van der Waals surface area contributed by atoms with Crippen LogP contribution in [-0.4, -0.2) is 55.2 Å². The highest BCUT2D eigenvalue weighted by atomic mass is 16.5. The predicted molar refractivity (Wildman–Crippen MR) is 119 cm³/mol. The number of rotatable bonds is 9. The summed E-state index contributed by atoms with van der Waals surface area (Å²) in [7, 11) is 2.65. The van der Waals surface area contributed by atoms with Gasteiger partial charge in [0.25, 0.3) is 0 Å². The Labute approximate surface area is 190 Å². The predicted octanol–water partition coefficient (Wildman–Crippen LogP) is 3.99. The molecular weight excluding hydrogens is 410 g/mol. The number of carbonyl (C=O) groups is 3. The molecule has 5 atom stereocenters. The Morgan fingerprint density at radius 2 is 1.91 bits per heavy atom. The van der Waals surface area contributed by atoms with Crippen molar-refractivity contribution in [3.05, 3.63) is 35.9 Å². The number of piperidine rings is 1. The van der Waals surface area contributed by atoms with Crippen molar-refractivity contribution >= 4 is 17.8 Å². The summed E-state index contributed by atoms with van der Waals surface area (Å²) in [6, 6.07) is 9.53. The first-order valence-corrected chi connectivity index (χ1v) is 11.5. The summed E-state index contributed by atoms with van der Waals surface area (Å²) in [6.07, 6.45) is 3.05. The number of amides is 1. The molecule has 0 saturated carbocycles. The van der Waals surface area contributed by atoms with Gasteiger partial charge >= 0.3 is 12.1 Å². The monoisotopic (exact) mass is 445 g/mol. The summed E-state index contributed by atoms with van der Waals surface area (Å²) >= 11 is 0. The average molecular weight is 446 g/mol. The van der Waals surface area contributed by atoms with Crippen molar-refractivity contribution in [3.8, 4) is 0 Å². The maximum atomic E-state index is 13.8. The third-order valence-electron chi connectivity index (χ3n) is 7.13. The zero-order valence-electron chi connectivity index (χ0n) is 19.5. The maximum absolute atomic E-state index is 13.8. The van der Waals surface area contributed by atoms with Crippen LogP contribution in [0.5, 0.6) is 0 Å². The number of benzene rings is 1. The zero-order valence-corrected chi connectivity index (χ0v) is 19.5. The summed E-state index contributed by atoms with van der Waals surface area (Å²) in [4.78, 5) is 41.3. The van der Waals surface area contributed by atoms with E-state index in [2.05, 4.69) is 6.92 Å². The number of unbranched alkanes of at least 4 members (excludes halogenated alkanes) is 1. The molecule has 7 heteroatoms. The topological polar surface area (TPSA) is 82.1 Å². The van der Waals surface area contributed by atoms with E-state index in [1.165, 1.54) is 14.2 Å². The summed E-state index contributed by atoms with van der Waals surface area (Å²) in [6.45, 7) is 4.80. The van der Waals surface area contributed by atoms with Crippen LogP contribution in [0.4, 0.5) is 4.79 Å². The minimum absolute atomic E-state index is 0.133. The first-order chi connectivity index (χ1) is 15.4. The molecule has 1 aromatic carbocycles. The second-order valence-electron chi connectivity index (χ2n) is 9.02. The maximum Gasteiger partial charge on any atom is 0.410 e. The molecule has 0 aromatic heterocycles. The van der Waals surface area contributed by atoms with Crippen molar-refractivity contribution < 1.29 is 28.6 Å². The number of methoxy groups -OCH3 is 2. The van der Waals surface area contributed by atoms with E-state index in [0.29, 0.717) is 32.5 Å². The normalized spacial score (nSPS) is 27.8. The van der Waals surface area contributed by atoms with Gasteiger partial charge in [-0.1, -0.05) is 57.0 Å². The standard InChI is InChI=1S/C25H35NO6/c1-5-6-13-25-14-12-19(26(25)24(29)31-4)20(22(27)21(25)23(28)30-3)17(2)15-32-16-18-10-8-7-9-11-18/h7-11,17,19-21H,5-6,12-16H2,1-4H3/t17-,19+,20-,21+,25-/m1/s1. The molecule has 7 nitrogen and oxygen atoms in total. The van der Waals surface area contributed by atoms with Gasteiger partial charge < -0.3 is 14.2 Å². The van der Waals surface area contributed by atoms with Crippen LogP contribution in [-0.2, 0) is 30.4 Å². The number of hydrogen-bond acceptors (Lipinski definition) is 6. The lowest BCUT2D eigenvalue weighted by Crippen LogP contribution is -2.67. The van der Waals surface area contributed by atoms with Crippen LogP contribution in [0, 0.1) is 17.8 Å². The lowest BCUT2D eigenvalue weighted by atomic mass is 9.68. The SMILES string of the molecule is CCCC[C@@]12CC[C@@H]([C@@H]([C@H](C)COCc3ccccc3)C(=O)[C@H]1C(=O)OC)N2C(=O)OC. The van der Waals surface area contributed by atoms with Gasteiger partial charge in [-0.3, -0.25) is 14.5 Å². The van der Waals surface area contributed by atoms with Crippen LogP contribution in [0.1, 0.15) is 51.5 Å². The number of ketones is 1. The van der Waals surface area contributed by atoms with Gasteiger partial charge in [-0.25, -0.2) is 4.79 Å². The van der Waals surface area contributed by atoms with Gasteiger partial charge in [-0.2, -0.15) is 0 Å². The number of nitrogens with zero attached hydrogens (tertiary/aromatic N) is 1. The molecule has 1 amide bonds. The van der Waals surface area contributed by atoms with E-state index in [1.54, 1.807) is 4.90 Å². The van der Waals surface area contributed by atoms with Crippen LogP contribution in [0.25, 0.3) is 0 Å². The van der Waals surface area contributed by atoms with Gasteiger partial charge in [-0.15, -0.1) is 0 Å². The summed E-state index contributed by atoms with van der Waals surface area (Å²) in [5, 5.41) is 0. The van der Waals surface area contributed by atoms with E-state index < -0.39 is 29.4 Å². The molecule has 0 unspecified atom stereocenters. The molecule has 0 spiro atoms. The number of hydrogen-bond donors (Lipinski definition) is 0. The smallest absolute Gasteiger partial charge is 0.410 e. The fraction of sp³-hybridized carbons (Fsp3) is 0.640. The summed E-state index contributed by atoms with van der Waals surface area (Å²) < 4.78 is 16.1. The highest BCUT2D eigenvalue weighted by molar-refractivity contribution is 6.04. The van der Waals surface area contributed by atoms with Crippen LogP contribution in [0.2, 0.25) is 0 Å². The number of Topliss-reactive ketones (excluding diaryl/α,β-unsaturated/α-hetero) is 1. The van der Waals surface area contributed by atoms with Gasteiger partial charge in [0.1, 0.15) is 5.92 Å². The van der Waals surface area contributed by atoms with E-state index in [4.69, 9.17) is 14.2 Å². The van der Waals surface area contributed by atoms with Crippen molar-refractivity contribution in [2.24, 2.45) is 17.8 Å².